The fourth-order valence-electron chi connectivity index (χ4n) is 5.37. The number of hydrogen-bond acceptors (Lipinski definition) is 6. The van der Waals surface area contributed by atoms with E-state index in [1.54, 1.807) is 13.3 Å². The minimum atomic E-state index is 0.352. The minimum Gasteiger partial charge on any atom is -0.497 e. The highest BCUT2D eigenvalue weighted by Gasteiger charge is 2.53. The number of benzene rings is 1. The molecule has 0 unspecified atom stereocenters. The highest BCUT2D eigenvalue weighted by molar-refractivity contribution is 5.48. The molecule has 0 aliphatic carbocycles. The number of methoxy groups -OCH3 is 1. The largest absolute Gasteiger partial charge is 0.497 e. The first-order valence-corrected chi connectivity index (χ1v) is 9.48. The summed E-state index contributed by atoms with van der Waals surface area (Å²) in [5.74, 6) is 3.43. The van der Waals surface area contributed by atoms with Crippen LogP contribution in [0.5, 0.6) is 5.75 Å². The van der Waals surface area contributed by atoms with Gasteiger partial charge in [-0.25, -0.2) is 4.98 Å². The zero-order valence-corrected chi connectivity index (χ0v) is 15.1. The highest BCUT2D eigenvalue weighted by atomic mass is 16.5. The summed E-state index contributed by atoms with van der Waals surface area (Å²) in [4.78, 5) is 13.8. The standard InChI is InChI=1S/C20H25N5O/c1-26-15-4-2-3-14(11-15)16-12-25(17-5-8-22-20(21)23-17)18-13-6-9-24(10-7-13)19(16)18/h2-5,8,11,13,16,18-19H,6-7,9-10,12H2,1H3,(H2,21,22,23)/t16-,18-,19-/m0/s1. The maximum atomic E-state index is 5.88. The van der Waals surface area contributed by atoms with Crippen LogP contribution in [-0.2, 0) is 0 Å². The summed E-state index contributed by atoms with van der Waals surface area (Å²) in [5.41, 5.74) is 7.24. The predicted molar refractivity (Wildman–Crippen MR) is 101 cm³/mol. The van der Waals surface area contributed by atoms with Gasteiger partial charge in [-0.3, -0.25) is 4.90 Å². The van der Waals surface area contributed by atoms with E-state index in [4.69, 9.17) is 10.5 Å². The third kappa shape index (κ3) is 2.43. The average molecular weight is 351 g/mol. The number of hydrogen-bond donors (Lipinski definition) is 1. The molecule has 4 saturated heterocycles. The van der Waals surface area contributed by atoms with Gasteiger partial charge in [0, 0.05) is 30.7 Å². The van der Waals surface area contributed by atoms with Crippen LogP contribution in [0.1, 0.15) is 24.3 Å². The second-order valence-electron chi connectivity index (χ2n) is 7.66. The van der Waals surface area contributed by atoms with Crippen molar-refractivity contribution >= 4 is 11.8 Å². The van der Waals surface area contributed by atoms with Gasteiger partial charge >= 0.3 is 0 Å². The van der Waals surface area contributed by atoms with E-state index >= 15 is 0 Å². The molecule has 4 aliphatic rings. The quantitative estimate of drug-likeness (QED) is 0.914. The van der Waals surface area contributed by atoms with Crippen LogP contribution >= 0.6 is 0 Å². The summed E-state index contributed by atoms with van der Waals surface area (Å²) in [6.07, 6.45) is 4.33. The second-order valence-corrected chi connectivity index (χ2v) is 7.66. The van der Waals surface area contributed by atoms with Crippen LogP contribution < -0.4 is 15.4 Å². The van der Waals surface area contributed by atoms with Gasteiger partial charge in [0.15, 0.2) is 0 Å². The lowest BCUT2D eigenvalue weighted by molar-refractivity contribution is 0.0354. The normalized spacial score (nSPS) is 32.5. The third-order valence-electron chi connectivity index (χ3n) is 6.47. The van der Waals surface area contributed by atoms with E-state index in [-0.39, 0.29) is 0 Å². The molecular weight excluding hydrogens is 326 g/mol. The summed E-state index contributed by atoms with van der Waals surface area (Å²) >= 11 is 0. The fourth-order valence-corrected chi connectivity index (χ4v) is 5.37. The lowest BCUT2D eigenvalue weighted by Gasteiger charge is -2.51. The molecule has 2 aromatic rings. The van der Waals surface area contributed by atoms with Gasteiger partial charge < -0.3 is 15.4 Å². The molecule has 6 heteroatoms. The number of piperidine rings is 3. The van der Waals surface area contributed by atoms with Crippen LogP contribution in [0.3, 0.4) is 0 Å². The molecule has 6 nitrogen and oxygen atoms in total. The molecule has 0 radical (unpaired) electrons. The van der Waals surface area contributed by atoms with Crippen LogP contribution in [0.4, 0.5) is 11.8 Å². The van der Waals surface area contributed by atoms with Crippen LogP contribution in [0, 0.1) is 5.92 Å². The number of nitrogens with zero attached hydrogens (tertiary/aromatic N) is 4. The summed E-state index contributed by atoms with van der Waals surface area (Å²) < 4.78 is 5.48. The van der Waals surface area contributed by atoms with Gasteiger partial charge in [-0.1, -0.05) is 12.1 Å². The van der Waals surface area contributed by atoms with E-state index in [0.717, 1.165) is 24.0 Å². The number of nitrogens with two attached hydrogens (primary N) is 1. The summed E-state index contributed by atoms with van der Waals surface area (Å²) in [6, 6.07) is 11.6. The molecule has 136 valence electrons. The van der Waals surface area contributed by atoms with Gasteiger partial charge in [-0.05, 0) is 55.6 Å². The Morgan fingerprint density at radius 3 is 2.77 bits per heavy atom. The van der Waals surface area contributed by atoms with E-state index in [1.165, 1.54) is 31.5 Å². The number of nitrogen functional groups attached to an aromatic ring is 1. The number of aromatic nitrogens is 2. The molecule has 3 atom stereocenters. The smallest absolute Gasteiger partial charge is 0.221 e. The zero-order chi connectivity index (χ0) is 17.7. The first kappa shape index (κ1) is 15.9. The van der Waals surface area contributed by atoms with Crippen molar-refractivity contribution in [2.24, 2.45) is 5.92 Å². The van der Waals surface area contributed by atoms with Crippen molar-refractivity contribution in [2.45, 2.75) is 30.8 Å². The summed E-state index contributed by atoms with van der Waals surface area (Å²) in [7, 11) is 1.73. The average Bonchev–Trinajstić information content (AvgIpc) is 3.12. The molecule has 0 spiro atoms. The lowest BCUT2D eigenvalue weighted by atomic mass is 9.75. The van der Waals surface area contributed by atoms with Gasteiger partial charge in [-0.15, -0.1) is 0 Å². The molecule has 0 saturated carbocycles. The highest BCUT2D eigenvalue weighted by Crippen LogP contribution is 2.47. The van der Waals surface area contributed by atoms with Crippen molar-refractivity contribution in [1.29, 1.82) is 0 Å². The maximum Gasteiger partial charge on any atom is 0.221 e. The lowest BCUT2D eigenvalue weighted by Crippen LogP contribution is -2.60. The number of ether oxygens (including phenoxy) is 1. The van der Waals surface area contributed by atoms with E-state index in [0.29, 0.717) is 23.9 Å². The molecule has 1 aromatic heterocycles. The predicted octanol–water partition coefficient (Wildman–Crippen LogP) is 2.13. The molecular formula is C20H25N5O. The van der Waals surface area contributed by atoms with Crippen LogP contribution in [-0.4, -0.2) is 53.7 Å². The zero-order valence-electron chi connectivity index (χ0n) is 15.1. The number of fused-ring (bicyclic) bond motifs is 2. The molecule has 6 rings (SSSR count). The Morgan fingerprint density at radius 2 is 2.00 bits per heavy atom. The monoisotopic (exact) mass is 351 g/mol. The van der Waals surface area contributed by atoms with Crippen LogP contribution in [0.2, 0.25) is 0 Å². The molecule has 0 amide bonds. The first-order chi connectivity index (χ1) is 12.7. The fraction of sp³-hybridized carbons (Fsp3) is 0.500. The maximum absolute atomic E-state index is 5.88. The van der Waals surface area contributed by atoms with E-state index < -0.39 is 0 Å². The van der Waals surface area contributed by atoms with Gasteiger partial charge in [0.1, 0.15) is 11.6 Å². The van der Waals surface area contributed by atoms with Crippen LogP contribution in [0.15, 0.2) is 36.5 Å². The third-order valence-corrected chi connectivity index (χ3v) is 6.47. The number of anilines is 2. The van der Waals surface area contributed by atoms with Crippen molar-refractivity contribution in [3.63, 3.8) is 0 Å². The summed E-state index contributed by atoms with van der Waals surface area (Å²) in [5, 5.41) is 0. The van der Waals surface area contributed by atoms with Crippen molar-refractivity contribution in [3.8, 4) is 5.75 Å². The molecule has 1 aromatic carbocycles. The van der Waals surface area contributed by atoms with Crippen molar-refractivity contribution in [1.82, 2.24) is 14.9 Å². The Kier molecular flexibility index (Phi) is 3.74. The van der Waals surface area contributed by atoms with E-state index in [1.807, 2.05) is 12.1 Å². The Bertz CT molecular complexity index is 804. The van der Waals surface area contributed by atoms with Gasteiger partial charge in [0.2, 0.25) is 5.95 Å². The molecule has 5 heterocycles. The topological polar surface area (TPSA) is 67.5 Å². The van der Waals surface area contributed by atoms with Gasteiger partial charge in [0.25, 0.3) is 0 Å². The van der Waals surface area contributed by atoms with Crippen LogP contribution in [0.25, 0.3) is 0 Å². The molecule has 4 fully saturated rings. The van der Waals surface area contributed by atoms with E-state index in [2.05, 4.69) is 38.0 Å². The Balaban J connectivity index is 1.56. The molecule has 2 N–H and O–H groups in total. The summed E-state index contributed by atoms with van der Waals surface area (Å²) in [6.45, 7) is 3.39. The molecule has 26 heavy (non-hydrogen) atoms. The Morgan fingerprint density at radius 1 is 1.15 bits per heavy atom. The Hall–Kier alpha value is -2.34. The SMILES string of the molecule is COc1cccc([C@@H]2CN(c3ccnc(N)n3)[C@H]3C4CCN(CC4)[C@@H]23)c1. The van der Waals surface area contributed by atoms with Crippen molar-refractivity contribution < 1.29 is 4.74 Å². The molecule has 4 aliphatic heterocycles. The Labute approximate surface area is 154 Å². The minimum absolute atomic E-state index is 0.352. The van der Waals surface area contributed by atoms with E-state index in [9.17, 15) is 0 Å². The first-order valence-electron chi connectivity index (χ1n) is 9.48. The van der Waals surface area contributed by atoms with Gasteiger partial charge in [-0.2, -0.15) is 4.98 Å². The van der Waals surface area contributed by atoms with Gasteiger partial charge in [0.05, 0.1) is 7.11 Å². The van der Waals surface area contributed by atoms with Crippen molar-refractivity contribution in [2.75, 3.05) is 37.4 Å². The molecule has 2 bridgehead atoms. The number of rotatable bonds is 3. The second kappa shape index (κ2) is 6.13. The van der Waals surface area contributed by atoms with Crippen molar-refractivity contribution in [3.05, 3.63) is 42.1 Å².